The molecule has 0 saturated carbocycles. The van der Waals surface area contributed by atoms with E-state index in [2.05, 4.69) is 188 Å². The molecule has 1 heteroatoms. The lowest BCUT2D eigenvalue weighted by atomic mass is 9.67. The predicted molar refractivity (Wildman–Crippen MR) is 198 cm³/mol. The first-order valence-corrected chi connectivity index (χ1v) is 16.9. The predicted octanol–water partition coefficient (Wildman–Crippen LogP) is 11.5. The molecular weight excluding hydrogens is 579 g/mol. The average molecular weight is 612 g/mol. The van der Waals surface area contributed by atoms with Gasteiger partial charge in [0, 0.05) is 22.5 Å². The van der Waals surface area contributed by atoms with Crippen LogP contribution in [0.15, 0.2) is 176 Å². The molecule has 10 rings (SSSR count). The van der Waals surface area contributed by atoms with Crippen LogP contribution >= 0.6 is 0 Å². The van der Waals surface area contributed by atoms with Crippen molar-refractivity contribution >= 4 is 10.9 Å². The fourth-order valence-electron chi connectivity index (χ4n) is 9.05. The number of fused-ring (bicyclic) bond motifs is 7. The first kappa shape index (κ1) is 27.2. The van der Waals surface area contributed by atoms with Crippen LogP contribution in [0.1, 0.15) is 45.9 Å². The number of nitrogens with one attached hydrogen (secondary N) is 1. The van der Waals surface area contributed by atoms with Crippen molar-refractivity contribution in [2.24, 2.45) is 0 Å². The van der Waals surface area contributed by atoms with Crippen molar-refractivity contribution in [1.82, 2.24) is 4.98 Å². The highest BCUT2D eigenvalue weighted by Crippen LogP contribution is 2.57. The molecule has 0 spiro atoms. The molecule has 0 fully saturated rings. The van der Waals surface area contributed by atoms with E-state index in [4.69, 9.17) is 0 Å². The molecule has 0 atom stereocenters. The number of hydrogen-bond donors (Lipinski definition) is 1. The Bertz CT molecular complexity index is 2420. The highest BCUT2D eigenvalue weighted by atomic mass is 14.7. The van der Waals surface area contributed by atoms with Gasteiger partial charge in [-0.1, -0.05) is 164 Å². The third-order valence-corrected chi connectivity index (χ3v) is 11.3. The Balaban J connectivity index is 1.10. The molecule has 1 aromatic heterocycles. The summed E-state index contributed by atoms with van der Waals surface area (Å²) in [7, 11) is 0. The van der Waals surface area contributed by atoms with Gasteiger partial charge in [-0.2, -0.15) is 0 Å². The largest absolute Gasteiger partial charge is 0.361 e. The summed E-state index contributed by atoms with van der Waals surface area (Å²) in [5, 5.41) is 1.26. The summed E-state index contributed by atoms with van der Waals surface area (Å²) < 4.78 is 0. The number of hydrogen-bond acceptors (Lipinski definition) is 0. The number of H-pyrrole nitrogens is 1. The molecule has 0 amide bonds. The third-order valence-electron chi connectivity index (χ3n) is 11.3. The van der Waals surface area contributed by atoms with E-state index in [9.17, 15) is 0 Å². The highest BCUT2D eigenvalue weighted by Gasteiger charge is 2.47. The van der Waals surface area contributed by atoms with Crippen LogP contribution in [0.4, 0.5) is 0 Å². The summed E-state index contributed by atoms with van der Waals surface area (Å²) in [6.45, 7) is 2.38. The van der Waals surface area contributed by atoms with E-state index in [1.807, 2.05) is 0 Å². The van der Waals surface area contributed by atoms with Gasteiger partial charge in [-0.3, -0.25) is 0 Å². The second kappa shape index (κ2) is 10.0. The van der Waals surface area contributed by atoms with Crippen LogP contribution in [0, 0.1) is 0 Å². The number of rotatable bonds is 4. The lowest BCUT2D eigenvalue weighted by Gasteiger charge is -2.33. The summed E-state index contributed by atoms with van der Waals surface area (Å²) in [6.07, 6.45) is 2.23. The van der Waals surface area contributed by atoms with E-state index in [1.54, 1.807) is 0 Å². The van der Waals surface area contributed by atoms with E-state index in [0.717, 1.165) is 5.52 Å². The second-order valence-electron chi connectivity index (χ2n) is 13.5. The molecule has 1 nitrogen and oxygen atoms in total. The van der Waals surface area contributed by atoms with Crippen LogP contribution < -0.4 is 0 Å². The van der Waals surface area contributed by atoms with Crippen LogP contribution in [-0.2, 0) is 10.8 Å². The van der Waals surface area contributed by atoms with Crippen molar-refractivity contribution in [3.05, 3.63) is 215 Å². The van der Waals surface area contributed by atoms with Gasteiger partial charge in [-0.15, -0.1) is 0 Å². The zero-order valence-electron chi connectivity index (χ0n) is 26.7. The molecule has 1 N–H and O–H groups in total. The molecule has 2 aliphatic rings. The minimum Gasteiger partial charge on any atom is -0.361 e. The number of benzene rings is 7. The van der Waals surface area contributed by atoms with Crippen LogP contribution in [0.5, 0.6) is 0 Å². The standard InChI is InChI=1S/C47H33N/c1-46(40-17-7-2-12-35(40)36-13-3-8-18-41(36)46)33-26-22-31(23-27-33)32-24-28-34(29-25-32)47(44-30-48-45-21-11-6-16-39(44)45)42-19-9-4-14-37(42)38-15-5-10-20-43(38)47/h2-30,48H,1H3. The minimum absolute atomic E-state index is 0.190. The normalized spacial score (nSPS) is 14.7. The summed E-state index contributed by atoms with van der Waals surface area (Å²) in [4.78, 5) is 3.60. The Morgan fingerprint density at radius 1 is 0.375 bits per heavy atom. The van der Waals surface area contributed by atoms with Crippen molar-refractivity contribution in [3.8, 4) is 33.4 Å². The topological polar surface area (TPSA) is 15.8 Å². The zero-order chi connectivity index (χ0) is 31.9. The molecule has 0 aliphatic heterocycles. The van der Waals surface area contributed by atoms with Gasteiger partial charge in [0.05, 0.1) is 5.41 Å². The third kappa shape index (κ3) is 3.51. The Morgan fingerprint density at radius 3 is 1.33 bits per heavy atom. The monoisotopic (exact) mass is 611 g/mol. The molecular formula is C47H33N. The smallest absolute Gasteiger partial charge is 0.0734 e. The van der Waals surface area contributed by atoms with Crippen molar-refractivity contribution in [2.75, 3.05) is 0 Å². The summed E-state index contributed by atoms with van der Waals surface area (Å²) in [5.74, 6) is 0. The number of aromatic amines is 1. The molecule has 0 saturated heterocycles. The molecule has 0 radical (unpaired) electrons. The Labute approximate surface area is 281 Å². The van der Waals surface area contributed by atoms with Gasteiger partial charge in [0.15, 0.2) is 0 Å². The van der Waals surface area contributed by atoms with Crippen LogP contribution in [0.3, 0.4) is 0 Å². The molecule has 0 unspecified atom stereocenters. The molecule has 8 aromatic rings. The number of para-hydroxylation sites is 1. The van der Waals surface area contributed by atoms with Gasteiger partial charge in [-0.25, -0.2) is 0 Å². The average Bonchev–Trinajstić information content (AvgIpc) is 3.80. The summed E-state index contributed by atoms with van der Waals surface area (Å²) in [6, 6.07) is 63.0. The van der Waals surface area contributed by atoms with Crippen molar-refractivity contribution in [1.29, 1.82) is 0 Å². The summed E-state index contributed by atoms with van der Waals surface area (Å²) >= 11 is 0. The maximum Gasteiger partial charge on any atom is 0.0734 e. The molecule has 226 valence electrons. The van der Waals surface area contributed by atoms with Gasteiger partial charge in [0.25, 0.3) is 0 Å². The Hall–Kier alpha value is -5.92. The van der Waals surface area contributed by atoms with E-state index < -0.39 is 5.41 Å². The van der Waals surface area contributed by atoms with Crippen LogP contribution in [0.2, 0.25) is 0 Å². The minimum atomic E-state index is -0.437. The first-order chi connectivity index (χ1) is 23.7. The lowest BCUT2D eigenvalue weighted by Crippen LogP contribution is -2.28. The van der Waals surface area contributed by atoms with E-state index in [0.29, 0.717) is 0 Å². The van der Waals surface area contributed by atoms with Crippen LogP contribution in [0.25, 0.3) is 44.3 Å². The lowest BCUT2D eigenvalue weighted by molar-refractivity contribution is 0.714. The molecule has 1 heterocycles. The zero-order valence-corrected chi connectivity index (χ0v) is 26.7. The van der Waals surface area contributed by atoms with Gasteiger partial charge < -0.3 is 4.98 Å². The molecule has 2 aliphatic carbocycles. The van der Waals surface area contributed by atoms with E-state index >= 15 is 0 Å². The van der Waals surface area contributed by atoms with Gasteiger partial charge >= 0.3 is 0 Å². The van der Waals surface area contributed by atoms with Crippen molar-refractivity contribution in [2.45, 2.75) is 17.8 Å². The second-order valence-corrected chi connectivity index (χ2v) is 13.5. The quantitative estimate of drug-likeness (QED) is 0.204. The SMILES string of the molecule is CC1(c2ccc(-c3ccc(C4(c5c[nH]c6ccccc56)c5ccccc5-c5ccccc54)cc3)cc2)c2ccccc2-c2ccccc21. The molecule has 7 aromatic carbocycles. The van der Waals surface area contributed by atoms with Crippen LogP contribution in [-0.4, -0.2) is 4.98 Å². The summed E-state index contributed by atoms with van der Waals surface area (Å²) in [5.41, 5.74) is 17.6. The Morgan fingerprint density at radius 2 is 0.792 bits per heavy atom. The van der Waals surface area contributed by atoms with Gasteiger partial charge in [0.2, 0.25) is 0 Å². The fraction of sp³-hybridized carbons (Fsp3) is 0.0638. The molecule has 48 heavy (non-hydrogen) atoms. The van der Waals surface area contributed by atoms with Crippen molar-refractivity contribution < 1.29 is 0 Å². The van der Waals surface area contributed by atoms with Gasteiger partial charge in [0.1, 0.15) is 0 Å². The number of aromatic nitrogens is 1. The van der Waals surface area contributed by atoms with E-state index in [-0.39, 0.29) is 5.41 Å². The maximum atomic E-state index is 3.60. The Kier molecular flexibility index (Phi) is 5.69. The maximum absolute atomic E-state index is 3.60. The van der Waals surface area contributed by atoms with Crippen molar-refractivity contribution in [3.63, 3.8) is 0 Å². The van der Waals surface area contributed by atoms with Gasteiger partial charge in [-0.05, 0) is 85.3 Å². The highest BCUT2D eigenvalue weighted by molar-refractivity contribution is 5.93. The van der Waals surface area contributed by atoms with E-state index in [1.165, 1.54) is 77.7 Å². The fourth-order valence-corrected chi connectivity index (χ4v) is 9.05. The molecule has 0 bridgehead atoms. The first-order valence-electron chi connectivity index (χ1n) is 16.9.